The SMILES string of the molecule is COC(=O)CNC(=O)c1cnn(-c2ccc(Cl)cc2)c1C(C)C. The Balaban J connectivity index is 2.33. The van der Waals surface area contributed by atoms with Crippen LogP contribution in [0.1, 0.15) is 35.8 Å². The number of nitrogens with one attached hydrogen (secondary N) is 1. The number of esters is 1. The third-order valence-electron chi connectivity index (χ3n) is 3.29. The number of rotatable bonds is 5. The second kappa shape index (κ2) is 7.28. The number of nitrogens with zero attached hydrogens (tertiary/aromatic N) is 2. The van der Waals surface area contributed by atoms with Crippen LogP contribution in [0.5, 0.6) is 0 Å². The van der Waals surface area contributed by atoms with Crippen molar-refractivity contribution in [3.63, 3.8) is 0 Å². The average molecular weight is 336 g/mol. The summed E-state index contributed by atoms with van der Waals surface area (Å²) in [4.78, 5) is 23.5. The van der Waals surface area contributed by atoms with Gasteiger partial charge in [0, 0.05) is 5.02 Å². The maximum atomic E-state index is 12.3. The molecule has 7 heteroatoms. The van der Waals surface area contributed by atoms with Crippen LogP contribution in [0.25, 0.3) is 5.69 Å². The molecule has 0 bridgehead atoms. The lowest BCUT2D eigenvalue weighted by molar-refractivity contribution is -0.139. The number of hydrogen-bond donors (Lipinski definition) is 1. The van der Waals surface area contributed by atoms with E-state index in [-0.39, 0.29) is 18.4 Å². The summed E-state index contributed by atoms with van der Waals surface area (Å²) < 4.78 is 6.22. The summed E-state index contributed by atoms with van der Waals surface area (Å²) in [5.41, 5.74) is 2.00. The van der Waals surface area contributed by atoms with Gasteiger partial charge in [-0.05, 0) is 30.2 Å². The highest BCUT2D eigenvalue weighted by Gasteiger charge is 2.21. The van der Waals surface area contributed by atoms with Crippen molar-refractivity contribution in [2.75, 3.05) is 13.7 Å². The van der Waals surface area contributed by atoms with Gasteiger partial charge in [-0.3, -0.25) is 9.59 Å². The standard InChI is InChI=1S/C16H18ClN3O3/c1-10(2)15-13(16(22)18-9-14(21)23-3)8-19-20(15)12-6-4-11(17)5-7-12/h4-8,10H,9H2,1-3H3,(H,18,22). The fourth-order valence-electron chi connectivity index (χ4n) is 2.20. The van der Waals surface area contributed by atoms with Crippen molar-refractivity contribution in [3.05, 3.63) is 46.7 Å². The van der Waals surface area contributed by atoms with Crippen molar-refractivity contribution >= 4 is 23.5 Å². The maximum Gasteiger partial charge on any atom is 0.325 e. The van der Waals surface area contributed by atoms with E-state index in [0.29, 0.717) is 10.6 Å². The predicted octanol–water partition coefficient (Wildman–Crippen LogP) is 2.55. The molecular weight excluding hydrogens is 318 g/mol. The molecule has 122 valence electrons. The van der Waals surface area contributed by atoms with Crippen LogP contribution in [-0.4, -0.2) is 35.3 Å². The summed E-state index contributed by atoms with van der Waals surface area (Å²) in [5, 5.41) is 7.46. The molecule has 0 spiro atoms. The molecule has 1 heterocycles. The highest BCUT2D eigenvalue weighted by atomic mass is 35.5. The highest BCUT2D eigenvalue weighted by molar-refractivity contribution is 6.30. The lowest BCUT2D eigenvalue weighted by Gasteiger charge is -2.13. The van der Waals surface area contributed by atoms with Crippen LogP contribution < -0.4 is 5.32 Å². The summed E-state index contributed by atoms with van der Waals surface area (Å²) in [6, 6.07) is 7.19. The lowest BCUT2D eigenvalue weighted by atomic mass is 10.1. The molecule has 6 nitrogen and oxygen atoms in total. The number of ether oxygens (including phenoxy) is 1. The number of benzene rings is 1. The molecule has 0 atom stereocenters. The first-order valence-corrected chi connectivity index (χ1v) is 7.50. The normalized spacial score (nSPS) is 10.7. The van der Waals surface area contributed by atoms with Crippen LogP contribution in [0.3, 0.4) is 0 Å². The minimum absolute atomic E-state index is 0.0621. The first-order chi connectivity index (χ1) is 10.9. The van der Waals surface area contributed by atoms with E-state index in [0.717, 1.165) is 11.4 Å². The van der Waals surface area contributed by atoms with Gasteiger partial charge in [0.1, 0.15) is 6.54 Å². The summed E-state index contributed by atoms with van der Waals surface area (Å²) in [6.07, 6.45) is 1.50. The summed E-state index contributed by atoms with van der Waals surface area (Å²) >= 11 is 5.90. The van der Waals surface area contributed by atoms with Crippen LogP contribution in [0.2, 0.25) is 5.02 Å². The molecule has 23 heavy (non-hydrogen) atoms. The Morgan fingerprint density at radius 1 is 1.30 bits per heavy atom. The van der Waals surface area contributed by atoms with Gasteiger partial charge in [0.25, 0.3) is 5.91 Å². The zero-order valence-corrected chi connectivity index (χ0v) is 13.9. The molecule has 1 aromatic carbocycles. The van der Waals surface area contributed by atoms with Gasteiger partial charge in [-0.15, -0.1) is 0 Å². The molecule has 0 aliphatic heterocycles. The molecular formula is C16H18ClN3O3. The molecule has 1 N–H and O–H groups in total. The number of aromatic nitrogens is 2. The zero-order valence-electron chi connectivity index (χ0n) is 13.2. The minimum Gasteiger partial charge on any atom is -0.468 e. The third kappa shape index (κ3) is 3.90. The average Bonchev–Trinajstić information content (AvgIpc) is 2.98. The van der Waals surface area contributed by atoms with E-state index < -0.39 is 5.97 Å². The first-order valence-electron chi connectivity index (χ1n) is 7.13. The maximum absolute atomic E-state index is 12.3. The van der Waals surface area contributed by atoms with Gasteiger partial charge in [0.05, 0.1) is 30.3 Å². The number of carbonyl (C=O) groups is 2. The van der Waals surface area contributed by atoms with Crippen LogP contribution in [-0.2, 0) is 9.53 Å². The van der Waals surface area contributed by atoms with E-state index in [4.69, 9.17) is 11.6 Å². The van der Waals surface area contributed by atoms with E-state index in [2.05, 4.69) is 15.2 Å². The number of carbonyl (C=O) groups excluding carboxylic acids is 2. The van der Waals surface area contributed by atoms with E-state index in [1.807, 2.05) is 26.0 Å². The number of methoxy groups -OCH3 is 1. The highest BCUT2D eigenvalue weighted by Crippen LogP contribution is 2.23. The molecule has 2 aromatic rings. The van der Waals surface area contributed by atoms with Crippen molar-refractivity contribution in [2.24, 2.45) is 0 Å². The number of amides is 1. The van der Waals surface area contributed by atoms with Gasteiger partial charge in [-0.25, -0.2) is 4.68 Å². The molecule has 0 unspecified atom stereocenters. The molecule has 0 aliphatic carbocycles. The van der Waals surface area contributed by atoms with Gasteiger partial charge < -0.3 is 10.1 Å². The second-order valence-corrected chi connectivity index (χ2v) is 5.68. The molecule has 1 amide bonds. The quantitative estimate of drug-likeness (QED) is 0.852. The molecule has 0 saturated carbocycles. The molecule has 2 rings (SSSR count). The Bertz CT molecular complexity index is 708. The van der Waals surface area contributed by atoms with Gasteiger partial charge in [0.15, 0.2) is 0 Å². The predicted molar refractivity (Wildman–Crippen MR) is 87.0 cm³/mol. The van der Waals surface area contributed by atoms with E-state index in [1.165, 1.54) is 13.3 Å². The van der Waals surface area contributed by atoms with Crippen molar-refractivity contribution in [1.82, 2.24) is 15.1 Å². The zero-order chi connectivity index (χ0) is 17.0. The van der Waals surface area contributed by atoms with E-state index >= 15 is 0 Å². The Hall–Kier alpha value is -2.34. The Kier molecular flexibility index (Phi) is 5.39. The van der Waals surface area contributed by atoms with Crippen molar-refractivity contribution in [3.8, 4) is 5.69 Å². The van der Waals surface area contributed by atoms with Crippen LogP contribution in [0.4, 0.5) is 0 Å². The largest absolute Gasteiger partial charge is 0.468 e. The van der Waals surface area contributed by atoms with Crippen molar-refractivity contribution in [2.45, 2.75) is 19.8 Å². The number of hydrogen-bond acceptors (Lipinski definition) is 4. The van der Waals surface area contributed by atoms with Crippen molar-refractivity contribution < 1.29 is 14.3 Å². The second-order valence-electron chi connectivity index (χ2n) is 5.25. The summed E-state index contributed by atoms with van der Waals surface area (Å²) in [5.74, 6) is -0.805. The lowest BCUT2D eigenvalue weighted by Crippen LogP contribution is -2.30. The third-order valence-corrected chi connectivity index (χ3v) is 3.54. The molecule has 0 fully saturated rings. The summed E-state index contributed by atoms with van der Waals surface area (Å²) in [7, 11) is 1.27. The van der Waals surface area contributed by atoms with Crippen LogP contribution in [0, 0.1) is 0 Å². The molecule has 0 aliphatic rings. The Morgan fingerprint density at radius 3 is 2.52 bits per heavy atom. The van der Waals surface area contributed by atoms with E-state index in [9.17, 15) is 9.59 Å². The monoisotopic (exact) mass is 335 g/mol. The first kappa shape index (κ1) is 17.0. The number of halogens is 1. The van der Waals surface area contributed by atoms with Crippen LogP contribution in [0.15, 0.2) is 30.5 Å². The molecule has 1 aromatic heterocycles. The molecule has 0 radical (unpaired) electrons. The van der Waals surface area contributed by atoms with E-state index in [1.54, 1.807) is 16.8 Å². The van der Waals surface area contributed by atoms with Gasteiger partial charge in [-0.1, -0.05) is 25.4 Å². The minimum atomic E-state index is -0.505. The topological polar surface area (TPSA) is 73.2 Å². The fourth-order valence-corrected chi connectivity index (χ4v) is 2.32. The van der Waals surface area contributed by atoms with Gasteiger partial charge >= 0.3 is 5.97 Å². The van der Waals surface area contributed by atoms with Gasteiger partial charge in [-0.2, -0.15) is 5.10 Å². The Labute approximate surface area is 139 Å². The fraction of sp³-hybridized carbons (Fsp3) is 0.312. The Morgan fingerprint density at radius 2 is 1.96 bits per heavy atom. The molecule has 0 saturated heterocycles. The summed E-state index contributed by atoms with van der Waals surface area (Å²) in [6.45, 7) is 3.76. The van der Waals surface area contributed by atoms with Crippen molar-refractivity contribution in [1.29, 1.82) is 0 Å². The van der Waals surface area contributed by atoms with Crippen LogP contribution >= 0.6 is 11.6 Å². The van der Waals surface area contributed by atoms with Gasteiger partial charge in [0.2, 0.25) is 0 Å². The smallest absolute Gasteiger partial charge is 0.325 e.